The van der Waals surface area contributed by atoms with Gasteiger partial charge in [0.25, 0.3) is 0 Å². The van der Waals surface area contributed by atoms with Crippen molar-refractivity contribution in [2.24, 2.45) is 0 Å². The average Bonchev–Trinajstić information content (AvgIpc) is 3.23. The highest BCUT2D eigenvalue weighted by molar-refractivity contribution is 6.30. The van der Waals surface area contributed by atoms with Gasteiger partial charge >= 0.3 is 6.18 Å². The van der Waals surface area contributed by atoms with Crippen molar-refractivity contribution < 1.29 is 18.0 Å². The fourth-order valence-electron chi connectivity index (χ4n) is 4.81. The Hall–Kier alpha value is -2.58. The summed E-state index contributed by atoms with van der Waals surface area (Å²) in [6.07, 6.45) is 3.29. The summed E-state index contributed by atoms with van der Waals surface area (Å²) in [5, 5.41) is 3.43. The second-order valence-electron chi connectivity index (χ2n) is 9.22. The van der Waals surface area contributed by atoms with Gasteiger partial charge in [0.15, 0.2) is 0 Å². The molecule has 2 aromatic heterocycles. The molecule has 1 aliphatic heterocycles. The standard InChI is InChI=1S/C26H30ClF3N4O/c1-18-6-2-3-12-33(18)13-5-11-31-25(35)15-22(19-7-4-8-20(14-19)26(28,29)30)23-16-32-24-10-9-21(27)17-34(23)24/h4,7-10,14,16-18,22H,2-3,5-6,11-13,15H2,1H3,(H,31,35). The first-order chi connectivity index (χ1) is 16.7. The number of likely N-dealkylation sites (tertiary alicyclic amines) is 1. The van der Waals surface area contributed by atoms with Gasteiger partial charge in [-0.15, -0.1) is 0 Å². The quantitative estimate of drug-likeness (QED) is 0.386. The number of piperidine rings is 1. The van der Waals surface area contributed by atoms with Crippen molar-refractivity contribution in [3.8, 4) is 0 Å². The monoisotopic (exact) mass is 506 g/mol. The highest BCUT2D eigenvalue weighted by atomic mass is 35.5. The molecule has 35 heavy (non-hydrogen) atoms. The highest BCUT2D eigenvalue weighted by Gasteiger charge is 2.32. The maximum Gasteiger partial charge on any atom is 0.416 e. The van der Waals surface area contributed by atoms with Crippen LogP contribution in [0.3, 0.4) is 0 Å². The molecule has 4 rings (SSSR count). The van der Waals surface area contributed by atoms with Gasteiger partial charge in [0.2, 0.25) is 5.91 Å². The van der Waals surface area contributed by atoms with Crippen LogP contribution in [-0.4, -0.2) is 45.9 Å². The Morgan fingerprint density at radius 2 is 2.09 bits per heavy atom. The van der Waals surface area contributed by atoms with Crippen LogP contribution in [0.4, 0.5) is 13.2 Å². The van der Waals surface area contributed by atoms with Crippen LogP contribution in [0.1, 0.15) is 61.8 Å². The highest BCUT2D eigenvalue weighted by Crippen LogP contribution is 2.34. The van der Waals surface area contributed by atoms with E-state index in [9.17, 15) is 18.0 Å². The van der Waals surface area contributed by atoms with E-state index in [0.29, 0.717) is 34.5 Å². The number of amides is 1. The van der Waals surface area contributed by atoms with E-state index < -0.39 is 17.7 Å². The normalized spacial score (nSPS) is 18.0. The summed E-state index contributed by atoms with van der Waals surface area (Å²) in [7, 11) is 0. The number of carbonyl (C=O) groups excluding carboxylic acids is 1. The molecule has 5 nitrogen and oxygen atoms in total. The number of carbonyl (C=O) groups is 1. The second kappa shape index (κ2) is 11.0. The number of hydrogen-bond donors (Lipinski definition) is 1. The van der Waals surface area contributed by atoms with Crippen LogP contribution in [0.15, 0.2) is 48.8 Å². The van der Waals surface area contributed by atoms with E-state index in [1.165, 1.54) is 25.3 Å². The summed E-state index contributed by atoms with van der Waals surface area (Å²) in [5.74, 6) is -0.830. The van der Waals surface area contributed by atoms with Crippen molar-refractivity contribution in [2.75, 3.05) is 19.6 Å². The zero-order valence-electron chi connectivity index (χ0n) is 19.7. The number of hydrogen-bond acceptors (Lipinski definition) is 3. The summed E-state index contributed by atoms with van der Waals surface area (Å²) in [4.78, 5) is 19.7. The lowest BCUT2D eigenvalue weighted by Crippen LogP contribution is -2.39. The lowest BCUT2D eigenvalue weighted by molar-refractivity contribution is -0.137. The van der Waals surface area contributed by atoms with E-state index in [1.54, 1.807) is 35.0 Å². The van der Waals surface area contributed by atoms with Crippen LogP contribution in [0.25, 0.3) is 5.65 Å². The third-order valence-electron chi connectivity index (χ3n) is 6.75. The molecule has 0 radical (unpaired) electrons. The van der Waals surface area contributed by atoms with Crippen molar-refractivity contribution in [3.05, 3.63) is 70.6 Å². The third-order valence-corrected chi connectivity index (χ3v) is 6.97. The zero-order chi connectivity index (χ0) is 25.0. The van der Waals surface area contributed by atoms with E-state index >= 15 is 0 Å². The number of benzene rings is 1. The first kappa shape index (κ1) is 25.5. The molecular formula is C26H30ClF3N4O. The SMILES string of the molecule is CC1CCCCN1CCCNC(=O)CC(c1cccc(C(F)(F)F)c1)c1cnc2ccc(Cl)cn12. The predicted molar refractivity (Wildman–Crippen MR) is 131 cm³/mol. The minimum absolute atomic E-state index is 0.00172. The summed E-state index contributed by atoms with van der Waals surface area (Å²) in [5.41, 5.74) is 0.873. The van der Waals surface area contributed by atoms with Gasteiger partial charge < -0.3 is 14.6 Å². The number of imidazole rings is 1. The first-order valence-corrected chi connectivity index (χ1v) is 12.4. The number of nitrogens with zero attached hydrogens (tertiary/aromatic N) is 3. The van der Waals surface area contributed by atoms with Crippen LogP contribution < -0.4 is 5.32 Å². The lowest BCUT2D eigenvalue weighted by atomic mass is 9.91. The zero-order valence-corrected chi connectivity index (χ0v) is 20.4. The van der Waals surface area contributed by atoms with Gasteiger partial charge in [-0.1, -0.05) is 36.2 Å². The molecule has 9 heteroatoms. The Morgan fingerprint density at radius 3 is 2.86 bits per heavy atom. The van der Waals surface area contributed by atoms with Gasteiger partial charge in [0, 0.05) is 43.9 Å². The van der Waals surface area contributed by atoms with Gasteiger partial charge in [-0.05, 0) is 56.5 Å². The number of aromatic nitrogens is 2. The van der Waals surface area contributed by atoms with Crippen LogP contribution in [0.5, 0.6) is 0 Å². The number of fused-ring (bicyclic) bond motifs is 1. The molecule has 0 saturated carbocycles. The molecule has 1 saturated heterocycles. The molecule has 1 aliphatic rings. The number of pyridine rings is 1. The molecule has 3 aromatic rings. The predicted octanol–water partition coefficient (Wildman–Crippen LogP) is 5.91. The molecule has 1 amide bonds. The van der Waals surface area contributed by atoms with Crippen LogP contribution in [0, 0.1) is 0 Å². The minimum Gasteiger partial charge on any atom is -0.356 e. The van der Waals surface area contributed by atoms with Gasteiger partial charge in [0.1, 0.15) is 5.65 Å². The van der Waals surface area contributed by atoms with Crippen molar-refractivity contribution in [2.45, 2.75) is 57.2 Å². The smallest absolute Gasteiger partial charge is 0.356 e. The van der Waals surface area contributed by atoms with Gasteiger partial charge in [-0.2, -0.15) is 13.2 Å². The number of nitrogens with one attached hydrogen (secondary N) is 1. The summed E-state index contributed by atoms with van der Waals surface area (Å²) >= 11 is 6.17. The van der Waals surface area contributed by atoms with E-state index in [2.05, 4.69) is 22.1 Å². The lowest BCUT2D eigenvalue weighted by Gasteiger charge is -2.33. The summed E-state index contributed by atoms with van der Waals surface area (Å²) < 4.78 is 42.0. The number of alkyl halides is 3. The fraction of sp³-hybridized carbons (Fsp3) is 0.462. The van der Waals surface area contributed by atoms with Crippen molar-refractivity contribution >= 4 is 23.2 Å². The van der Waals surface area contributed by atoms with E-state index in [4.69, 9.17) is 11.6 Å². The fourth-order valence-corrected chi connectivity index (χ4v) is 4.97. The summed E-state index contributed by atoms with van der Waals surface area (Å²) in [6, 6.07) is 9.13. The van der Waals surface area contributed by atoms with Crippen molar-refractivity contribution in [1.29, 1.82) is 0 Å². The van der Waals surface area contributed by atoms with Crippen molar-refractivity contribution in [1.82, 2.24) is 19.6 Å². The van der Waals surface area contributed by atoms with E-state index in [-0.39, 0.29) is 12.3 Å². The Balaban J connectivity index is 1.51. The Bertz CT molecular complexity index is 1160. The molecule has 0 bridgehead atoms. The Morgan fingerprint density at radius 1 is 1.26 bits per heavy atom. The molecule has 0 spiro atoms. The molecule has 0 aliphatic carbocycles. The maximum atomic E-state index is 13.4. The molecule has 188 valence electrons. The average molecular weight is 507 g/mol. The summed E-state index contributed by atoms with van der Waals surface area (Å²) in [6.45, 7) is 4.77. The maximum absolute atomic E-state index is 13.4. The Kier molecular flexibility index (Phi) is 8.02. The molecule has 1 aromatic carbocycles. The van der Waals surface area contributed by atoms with Gasteiger partial charge in [0.05, 0.1) is 16.3 Å². The van der Waals surface area contributed by atoms with Gasteiger partial charge in [-0.3, -0.25) is 4.79 Å². The largest absolute Gasteiger partial charge is 0.416 e. The minimum atomic E-state index is -4.48. The Labute approximate surface area is 208 Å². The molecular weight excluding hydrogens is 477 g/mol. The van der Waals surface area contributed by atoms with Crippen LogP contribution in [-0.2, 0) is 11.0 Å². The molecule has 1 N–H and O–H groups in total. The molecule has 2 unspecified atom stereocenters. The number of halogens is 4. The second-order valence-corrected chi connectivity index (χ2v) is 9.66. The molecule has 1 fully saturated rings. The van der Waals surface area contributed by atoms with Crippen molar-refractivity contribution in [3.63, 3.8) is 0 Å². The van der Waals surface area contributed by atoms with Crippen LogP contribution in [0.2, 0.25) is 5.02 Å². The molecule has 3 heterocycles. The molecule has 2 atom stereocenters. The number of rotatable bonds is 8. The van der Waals surface area contributed by atoms with E-state index in [1.807, 2.05) is 0 Å². The topological polar surface area (TPSA) is 49.6 Å². The van der Waals surface area contributed by atoms with Crippen LogP contribution >= 0.6 is 11.6 Å². The third kappa shape index (κ3) is 6.35. The first-order valence-electron chi connectivity index (χ1n) is 12.0. The van der Waals surface area contributed by atoms with E-state index in [0.717, 1.165) is 31.6 Å². The van der Waals surface area contributed by atoms with Gasteiger partial charge in [-0.25, -0.2) is 4.98 Å².